The predicted octanol–water partition coefficient (Wildman–Crippen LogP) is 3.00. The molecule has 0 saturated heterocycles. The van der Waals surface area contributed by atoms with Crippen molar-refractivity contribution in [2.45, 2.75) is 39.0 Å². The van der Waals surface area contributed by atoms with Crippen molar-refractivity contribution in [3.8, 4) is 0 Å². The lowest BCUT2D eigenvalue weighted by molar-refractivity contribution is -0.142. The Hall–Kier alpha value is -1.05. The molecule has 0 aliphatic carbocycles. The number of cyclic esters (lactones) is 1. The molecule has 0 unspecified atom stereocenters. The largest absolute Gasteiger partial charge is 0.461 e. The minimum atomic E-state index is -0.0822. The second-order valence-corrected chi connectivity index (χ2v) is 3.64. The van der Waals surface area contributed by atoms with Gasteiger partial charge < -0.3 is 4.74 Å². The Bertz CT molecular complexity index is 239. The van der Waals surface area contributed by atoms with Gasteiger partial charge in [-0.1, -0.05) is 23.8 Å². The van der Waals surface area contributed by atoms with Crippen LogP contribution >= 0.6 is 0 Å². The highest BCUT2D eigenvalue weighted by molar-refractivity contribution is 5.69. The number of ether oxygens (including phenoxy) is 1. The Morgan fingerprint density at radius 3 is 2.93 bits per heavy atom. The molecule has 1 aliphatic heterocycles. The van der Waals surface area contributed by atoms with Crippen molar-refractivity contribution >= 4 is 5.97 Å². The van der Waals surface area contributed by atoms with Crippen molar-refractivity contribution in [1.29, 1.82) is 0 Å². The van der Waals surface area contributed by atoms with E-state index in [1.54, 1.807) is 0 Å². The van der Waals surface area contributed by atoms with Crippen LogP contribution in [0.2, 0.25) is 0 Å². The minimum Gasteiger partial charge on any atom is -0.461 e. The van der Waals surface area contributed by atoms with E-state index in [4.69, 9.17) is 4.74 Å². The molecule has 0 radical (unpaired) electrons. The van der Waals surface area contributed by atoms with Crippen LogP contribution in [-0.4, -0.2) is 12.6 Å². The van der Waals surface area contributed by atoms with Gasteiger partial charge in [-0.15, -0.1) is 0 Å². The second-order valence-electron chi connectivity index (χ2n) is 3.64. The maximum Gasteiger partial charge on any atom is 0.306 e. The lowest BCUT2D eigenvalue weighted by Gasteiger charge is -2.03. The smallest absolute Gasteiger partial charge is 0.306 e. The first kappa shape index (κ1) is 11.0. The third-order valence-electron chi connectivity index (χ3n) is 2.29. The first-order chi connectivity index (χ1) is 6.79. The molecule has 0 aromatic rings. The fourth-order valence-corrected chi connectivity index (χ4v) is 1.41. The Kier molecular flexibility index (Phi) is 5.05. The predicted molar refractivity (Wildman–Crippen MR) is 56.9 cm³/mol. The molecule has 0 amide bonds. The van der Waals surface area contributed by atoms with E-state index in [1.807, 2.05) is 6.08 Å². The Balaban J connectivity index is 2.43. The summed E-state index contributed by atoms with van der Waals surface area (Å²) in [6, 6.07) is 0. The molecule has 0 aromatic heterocycles. The van der Waals surface area contributed by atoms with E-state index in [9.17, 15) is 4.79 Å². The lowest BCUT2D eigenvalue weighted by Crippen LogP contribution is -2.04. The number of rotatable bonds is 0. The molecule has 2 heteroatoms. The molecule has 78 valence electrons. The molecule has 0 bridgehead atoms. The van der Waals surface area contributed by atoms with E-state index in [2.05, 4.69) is 19.1 Å². The normalized spacial score (nSPS) is 20.4. The summed E-state index contributed by atoms with van der Waals surface area (Å²) < 4.78 is 5.00. The van der Waals surface area contributed by atoms with Gasteiger partial charge in [-0.05, 0) is 32.6 Å². The van der Waals surface area contributed by atoms with E-state index in [-0.39, 0.29) is 5.97 Å². The van der Waals surface area contributed by atoms with Crippen molar-refractivity contribution in [3.63, 3.8) is 0 Å². The fraction of sp³-hybridized carbons (Fsp3) is 0.583. The number of allylic oxidation sites excluding steroid dienone is 3. The van der Waals surface area contributed by atoms with Gasteiger partial charge in [0.25, 0.3) is 0 Å². The minimum absolute atomic E-state index is 0.0822. The fourth-order valence-electron chi connectivity index (χ4n) is 1.41. The molecule has 0 saturated carbocycles. The number of carbonyl (C=O) groups is 1. The topological polar surface area (TPSA) is 26.3 Å². The van der Waals surface area contributed by atoms with Crippen LogP contribution in [0.1, 0.15) is 39.0 Å². The lowest BCUT2D eigenvalue weighted by atomic mass is 10.1. The van der Waals surface area contributed by atoms with E-state index in [1.165, 1.54) is 5.57 Å². The third-order valence-corrected chi connectivity index (χ3v) is 2.29. The molecule has 1 aliphatic rings. The van der Waals surface area contributed by atoms with Crippen molar-refractivity contribution in [2.75, 3.05) is 6.61 Å². The maximum absolute atomic E-state index is 11.1. The second kappa shape index (κ2) is 6.41. The third kappa shape index (κ3) is 4.85. The van der Waals surface area contributed by atoms with Gasteiger partial charge in [0.05, 0.1) is 0 Å². The summed E-state index contributed by atoms with van der Waals surface area (Å²) in [5, 5.41) is 0. The quantitative estimate of drug-likeness (QED) is 0.437. The van der Waals surface area contributed by atoms with Gasteiger partial charge in [0.1, 0.15) is 6.61 Å². The van der Waals surface area contributed by atoms with E-state index < -0.39 is 0 Å². The van der Waals surface area contributed by atoms with Crippen molar-refractivity contribution in [3.05, 3.63) is 23.8 Å². The molecule has 1 heterocycles. The zero-order valence-electron chi connectivity index (χ0n) is 8.79. The number of carbonyl (C=O) groups excluding carboxylic acids is 1. The van der Waals surface area contributed by atoms with E-state index in [0.717, 1.165) is 25.7 Å². The highest BCUT2D eigenvalue weighted by atomic mass is 16.5. The highest BCUT2D eigenvalue weighted by Gasteiger charge is 2.00. The van der Waals surface area contributed by atoms with Crippen LogP contribution in [0.4, 0.5) is 0 Å². The summed E-state index contributed by atoms with van der Waals surface area (Å²) >= 11 is 0. The van der Waals surface area contributed by atoms with E-state index in [0.29, 0.717) is 13.0 Å². The molecule has 14 heavy (non-hydrogen) atoms. The molecular weight excluding hydrogens is 176 g/mol. The van der Waals surface area contributed by atoms with Gasteiger partial charge in [0.2, 0.25) is 0 Å². The summed E-state index contributed by atoms with van der Waals surface area (Å²) in [5.41, 5.74) is 1.42. The van der Waals surface area contributed by atoms with Crippen molar-refractivity contribution < 1.29 is 9.53 Å². The maximum atomic E-state index is 11.1. The summed E-state index contributed by atoms with van der Waals surface area (Å²) in [6.07, 6.45) is 10.8. The average molecular weight is 194 g/mol. The van der Waals surface area contributed by atoms with Crippen molar-refractivity contribution in [1.82, 2.24) is 0 Å². The molecule has 0 atom stereocenters. The Morgan fingerprint density at radius 1 is 1.21 bits per heavy atom. The summed E-state index contributed by atoms with van der Waals surface area (Å²) in [4.78, 5) is 11.1. The highest BCUT2D eigenvalue weighted by Crippen LogP contribution is 2.09. The van der Waals surface area contributed by atoms with Crippen LogP contribution in [0, 0.1) is 0 Å². The number of hydrogen-bond acceptors (Lipinski definition) is 2. The zero-order chi connectivity index (χ0) is 10.2. The van der Waals surface area contributed by atoms with Gasteiger partial charge >= 0.3 is 5.97 Å². The molecule has 1 rings (SSSR count). The molecule has 0 fully saturated rings. The van der Waals surface area contributed by atoms with Crippen LogP contribution in [0.5, 0.6) is 0 Å². The SMILES string of the molecule is CC1=CCCCC(=O)OCC=CCC1. The van der Waals surface area contributed by atoms with E-state index >= 15 is 0 Å². The standard InChI is InChI=1S/C12H18O2/c1-11-7-3-2-6-10-14-12(13)9-5-4-8-11/h2,6,8H,3-5,7,9-10H2,1H3. The van der Waals surface area contributed by atoms with Crippen LogP contribution in [0.3, 0.4) is 0 Å². The van der Waals surface area contributed by atoms with Crippen LogP contribution < -0.4 is 0 Å². The first-order valence-electron chi connectivity index (χ1n) is 5.25. The Labute approximate surface area is 85.6 Å². The summed E-state index contributed by atoms with van der Waals surface area (Å²) in [5.74, 6) is -0.0822. The van der Waals surface area contributed by atoms with Crippen LogP contribution in [-0.2, 0) is 9.53 Å². The molecule has 2 nitrogen and oxygen atoms in total. The first-order valence-corrected chi connectivity index (χ1v) is 5.25. The molecular formula is C12H18O2. The van der Waals surface area contributed by atoms with Gasteiger partial charge in [0, 0.05) is 6.42 Å². The molecule has 0 aromatic carbocycles. The van der Waals surface area contributed by atoms with Gasteiger partial charge in [0.15, 0.2) is 0 Å². The monoisotopic (exact) mass is 194 g/mol. The van der Waals surface area contributed by atoms with Crippen molar-refractivity contribution in [2.24, 2.45) is 0 Å². The van der Waals surface area contributed by atoms with Crippen LogP contribution in [0.15, 0.2) is 23.8 Å². The van der Waals surface area contributed by atoms with Crippen LogP contribution in [0.25, 0.3) is 0 Å². The number of hydrogen-bond donors (Lipinski definition) is 0. The number of esters is 1. The molecule has 0 N–H and O–H groups in total. The van der Waals surface area contributed by atoms with Gasteiger partial charge in [-0.3, -0.25) is 4.79 Å². The zero-order valence-corrected chi connectivity index (χ0v) is 8.79. The average Bonchev–Trinajstić information content (AvgIpc) is 2.16. The Morgan fingerprint density at radius 2 is 2.07 bits per heavy atom. The molecule has 0 spiro atoms. The summed E-state index contributed by atoms with van der Waals surface area (Å²) in [6.45, 7) is 2.58. The van der Waals surface area contributed by atoms with Gasteiger partial charge in [-0.25, -0.2) is 0 Å². The van der Waals surface area contributed by atoms with Gasteiger partial charge in [-0.2, -0.15) is 0 Å². The summed E-state index contributed by atoms with van der Waals surface area (Å²) in [7, 11) is 0.